The Morgan fingerprint density at radius 3 is 1.11 bits per heavy atom. The summed E-state index contributed by atoms with van der Waals surface area (Å²) in [7, 11) is 5.48. The Kier molecular flexibility index (Phi) is 38.0. The first-order chi connectivity index (χ1) is 67.0. The molecule has 4 aliphatic heterocycles. The zero-order valence-electron chi connectivity index (χ0n) is 78.7. The fourth-order valence-electron chi connectivity index (χ4n) is 17.5. The van der Waals surface area contributed by atoms with Crippen molar-refractivity contribution in [2.45, 2.75) is 155 Å². The van der Waals surface area contributed by atoms with Gasteiger partial charge in [0.15, 0.2) is 0 Å². The number of imide groups is 1. The number of esters is 4. The minimum absolute atomic E-state index is 0.0386. The summed E-state index contributed by atoms with van der Waals surface area (Å²) in [6, 6.07) is 75.4. The van der Waals surface area contributed by atoms with Crippen molar-refractivity contribution in [2.24, 2.45) is 23.7 Å². The summed E-state index contributed by atoms with van der Waals surface area (Å²) < 4.78 is 35.9. The van der Waals surface area contributed by atoms with Crippen molar-refractivity contribution in [3.05, 3.63) is 273 Å². The van der Waals surface area contributed by atoms with Gasteiger partial charge in [-0.3, -0.25) is 19.2 Å². The fourth-order valence-corrected chi connectivity index (χ4v) is 21.7. The van der Waals surface area contributed by atoms with E-state index in [2.05, 4.69) is 29.2 Å². The number of carbonyl (C=O) groups excluding carboxylic acids is 11. The maximum atomic E-state index is 14.3. The number of ketones is 1. The van der Waals surface area contributed by atoms with E-state index in [1.54, 1.807) is 15.9 Å². The Morgan fingerprint density at radius 1 is 0.384 bits per heavy atom. The average molecular weight is 1950 g/mol. The number of hydrogen-bond donors (Lipinski definition) is 3. The third-order valence-corrected chi connectivity index (χ3v) is 30.0. The monoisotopic (exact) mass is 1940 g/mol. The number of likely N-dealkylation sites (tertiary alicyclic amines) is 3. The van der Waals surface area contributed by atoms with E-state index in [1.165, 1.54) is 73.8 Å². The van der Waals surface area contributed by atoms with Crippen molar-refractivity contribution in [1.82, 2.24) is 20.0 Å². The van der Waals surface area contributed by atoms with Gasteiger partial charge < -0.3 is 69.1 Å². The molecule has 6 aliphatic rings. The van der Waals surface area contributed by atoms with E-state index in [4.69, 9.17) is 34.2 Å². The lowest BCUT2D eigenvalue weighted by molar-refractivity contribution is -0.132. The number of nitrogens with one attached hydrogen (secondary N) is 2. The Bertz CT molecular complexity index is 5850. The number of methoxy groups -OCH3 is 4. The average Bonchev–Trinajstić information content (AvgIpc) is 1.63. The highest BCUT2D eigenvalue weighted by molar-refractivity contribution is 7.19. The van der Waals surface area contributed by atoms with Gasteiger partial charge in [-0.2, -0.15) is 0 Å². The van der Waals surface area contributed by atoms with Gasteiger partial charge >= 0.3 is 42.2 Å². The smallest absolute Gasteiger partial charge is 0.416 e. The number of Topliss-reactive ketones (excluding diaryl/α,β-unsaturated/α-hetero) is 1. The van der Waals surface area contributed by atoms with Crippen molar-refractivity contribution in [3.8, 4) is 41.8 Å². The summed E-state index contributed by atoms with van der Waals surface area (Å²) >= 11 is 5.46. The maximum Gasteiger partial charge on any atom is 0.416 e. The molecule has 11 aromatic rings. The largest absolute Gasteiger partial charge is 0.465 e. The van der Waals surface area contributed by atoms with E-state index in [9.17, 15) is 52.7 Å². The molecule has 4 N–H and O–H groups in total. The van der Waals surface area contributed by atoms with Gasteiger partial charge in [-0.25, -0.2) is 38.5 Å². The number of carbonyl (C=O) groups is 11. The Labute approximate surface area is 822 Å². The van der Waals surface area contributed by atoms with Gasteiger partial charge in [-0.1, -0.05) is 226 Å². The molecule has 6 fully saturated rings. The van der Waals surface area contributed by atoms with Gasteiger partial charge in [0, 0.05) is 101 Å². The van der Waals surface area contributed by atoms with Crippen LogP contribution in [-0.4, -0.2) is 173 Å². The quantitative estimate of drug-likeness (QED) is 0.0419. The summed E-state index contributed by atoms with van der Waals surface area (Å²) in [6.45, 7) is 9.07. The molecule has 0 bridgehead atoms. The van der Waals surface area contributed by atoms with Gasteiger partial charge in [-0.05, 0) is 172 Å². The highest BCUT2D eigenvalue weighted by Crippen LogP contribution is 2.45. The zero-order valence-corrected chi connectivity index (χ0v) is 82.0. The molecule has 17 rings (SSSR count). The molecule has 2 saturated carbocycles. The van der Waals surface area contributed by atoms with Crippen LogP contribution in [-0.2, 0) is 72.2 Å². The third-order valence-electron chi connectivity index (χ3n) is 25.3. The number of piperidine rings is 4. The molecule has 1 unspecified atom stereocenters. The van der Waals surface area contributed by atoms with E-state index < -0.39 is 18.0 Å². The van der Waals surface area contributed by atoms with E-state index in [0.717, 1.165) is 146 Å². The van der Waals surface area contributed by atoms with E-state index >= 15 is 0 Å². The molecule has 724 valence electrons. The number of benzene rings is 7. The molecule has 26 nitrogen and oxygen atoms in total. The molecule has 7 aromatic carbocycles. The molecule has 0 spiro atoms. The summed E-state index contributed by atoms with van der Waals surface area (Å²) in [5.41, 5.74) is 15.1. The highest BCUT2D eigenvalue weighted by atomic mass is 32.1. The number of nitrogens with zero attached hydrogens (tertiary/aromatic N) is 5. The Hall–Kier alpha value is -13.1. The van der Waals surface area contributed by atoms with E-state index in [1.807, 2.05) is 240 Å². The van der Waals surface area contributed by atoms with Crippen LogP contribution in [0, 0.1) is 23.7 Å². The standard InChI is InChI=1S/C33H38N2O5S.C25H24N2O5S.C25H32N2O3S.C13H15NO3.C12H11NO2S/c1-23-13-15-26(16-14-23)31(36)35(28-21-29(25-11-7-4-8-12-25)41-30(28)32(37)39-2)27-17-19-34(20-18-27)33(38)40-22-24-9-5-3-6-10-24;1-31-24(29)23-20(15-21(33-23)18-10-6-3-7-11-18)26-19-12-13-27(22(28)14-19)25(30)32-16-17-8-4-2-5-9-17;1-17-8-10-19(11-9-17)24(28)27(20-12-14-26-15-13-20)21-16-22(18-6-4-3-5-7-18)31-23(21)25(29)30-2;15-12-6-8-14(9-7-12)13(16)17-10-11-4-2-1-3-5-11;1-15-12(14)11-9(13)7-10(16-11)8-5-3-2-4-6-8/h3-12,21,23,26-27H,13-20,22H2,1-2H3;2-11,15,19,26H,12-14,16H2,1H3;3-7,16-17,19-20,26H,8-15H2,1-2H3;1-5H,6-10H2;2-7H,13H2,1H3. The predicted octanol–water partition coefficient (Wildman–Crippen LogP) is 22.0. The van der Waals surface area contributed by atoms with Crippen LogP contribution < -0.4 is 26.2 Å². The number of rotatable bonds is 22. The van der Waals surface area contributed by atoms with E-state index in [-0.39, 0.29) is 110 Å². The fraction of sp³-hybridized carbons (Fsp3) is 0.361. The SMILES string of the molecule is COC(=O)c1sc(-c2ccccc2)cc1N.COC(=O)c1sc(-c2ccccc2)cc1N(C(=O)C1CCC(C)CC1)C1CCN(C(=O)OCc2ccccc2)CC1.COC(=O)c1sc(-c2ccccc2)cc1N(C(=O)C1CCC(C)CC1)C1CCNCC1.COC(=O)c1sc(-c2ccccc2)cc1NC1CCN(C(=O)OCc2ccccc2)C(=O)C1.O=C1CCN(C(=O)OCc2ccccc2)CC1. The number of thiophene rings is 4. The topological polar surface area (TPSA) is 319 Å². The summed E-state index contributed by atoms with van der Waals surface area (Å²) in [6.07, 6.45) is 11.1. The minimum Gasteiger partial charge on any atom is -0.465 e. The number of amides is 6. The maximum absolute atomic E-state index is 14.3. The predicted molar refractivity (Wildman–Crippen MR) is 541 cm³/mol. The first-order valence-electron chi connectivity index (χ1n) is 47.0. The lowest BCUT2D eigenvalue weighted by Crippen LogP contribution is -2.51. The lowest BCUT2D eigenvalue weighted by Gasteiger charge is -2.40. The molecule has 2 aliphatic carbocycles. The minimum atomic E-state index is -0.639. The molecular weight excluding hydrogens is 1830 g/mol. The second kappa shape index (κ2) is 51.3. The molecule has 138 heavy (non-hydrogen) atoms. The summed E-state index contributed by atoms with van der Waals surface area (Å²) in [4.78, 5) is 152. The first kappa shape index (κ1) is 102. The van der Waals surface area contributed by atoms with Crippen molar-refractivity contribution < 1.29 is 85.9 Å². The van der Waals surface area contributed by atoms with Crippen LogP contribution in [0.1, 0.15) is 172 Å². The summed E-state index contributed by atoms with van der Waals surface area (Å²) in [5.74, 6) is -0.194. The number of nitrogens with two attached hydrogens (primary N) is 1. The van der Waals surface area contributed by atoms with Gasteiger partial charge in [-0.15, -0.1) is 45.3 Å². The van der Waals surface area contributed by atoms with Gasteiger partial charge in [0.05, 0.1) is 51.2 Å². The van der Waals surface area contributed by atoms with Crippen molar-refractivity contribution in [1.29, 1.82) is 0 Å². The van der Waals surface area contributed by atoms with Gasteiger partial charge in [0.25, 0.3) is 0 Å². The number of hydrogen-bond acceptors (Lipinski definition) is 25. The van der Waals surface area contributed by atoms with Crippen LogP contribution in [0.2, 0.25) is 0 Å². The molecule has 8 heterocycles. The normalized spacial score (nSPS) is 17.6. The Morgan fingerprint density at radius 2 is 0.717 bits per heavy atom. The van der Waals surface area contributed by atoms with Crippen LogP contribution in [0.4, 0.5) is 37.1 Å². The molecule has 1 atom stereocenters. The van der Waals surface area contributed by atoms with Crippen LogP contribution in [0.3, 0.4) is 0 Å². The molecule has 4 saturated heterocycles. The third kappa shape index (κ3) is 28.1. The highest BCUT2D eigenvalue weighted by Gasteiger charge is 2.41. The second-order valence-electron chi connectivity index (χ2n) is 34.9. The lowest BCUT2D eigenvalue weighted by atomic mass is 9.82. The van der Waals surface area contributed by atoms with Crippen LogP contribution in [0.15, 0.2) is 237 Å². The molecule has 30 heteroatoms. The van der Waals surface area contributed by atoms with Crippen LogP contribution in [0.25, 0.3) is 41.8 Å². The number of nitrogen functional groups attached to an aromatic ring is 1. The molecule has 0 radical (unpaired) electrons. The van der Waals surface area contributed by atoms with E-state index in [0.29, 0.717) is 107 Å². The number of anilines is 4. The first-order valence-corrected chi connectivity index (χ1v) is 50.2. The molecular formula is C108H120N8O18S4. The summed E-state index contributed by atoms with van der Waals surface area (Å²) in [5, 5.41) is 6.71. The Balaban J connectivity index is 0.000000151. The number of ether oxygens (including phenoxy) is 7. The second-order valence-corrected chi connectivity index (χ2v) is 39.1. The van der Waals surface area contributed by atoms with Crippen LogP contribution in [0.5, 0.6) is 0 Å². The van der Waals surface area contributed by atoms with Crippen LogP contribution >= 0.6 is 45.3 Å². The van der Waals surface area contributed by atoms with Gasteiger partial charge in [0.1, 0.15) is 45.1 Å². The van der Waals surface area contributed by atoms with Crippen molar-refractivity contribution in [2.75, 3.05) is 95.1 Å². The zero-order chi connectivity index (χ0) is 97.4. The van der Waals surface area contributed by atoms with Crippen molar-refractivity contribution >= 4 is 134 Å². The van der Waals surface area contributed by atoms with Gasteiger partial charge in [0.2, 0.25) is 17.7 Å². The van der Waals surface area contributed by atoms with Crippen molar-refractivity contribution in [3.63, 3.8) is 0 Å². The molecule has 4 aromatic heterocycles. The molecule has 6 amide bonds.